The summed E-state index contributed by atoms with van der Waals surface area (Å²) >= 11 is 0. The van der Waals surface area contributed by atoms with Gasteiger partial charge in [-0.3, -0.25) is 10.1 Å². The number of aliphatic hydroxyl groups is 1. The smallest absolute Gasteiger partial charge is 0.431 e. The monoisotopic (exact) mass is 729 g/mol. The zero-order chi connectivity index (χ0) is 37.8. The fraction of sp³-hybridized carbons (Fsp3) is 0.333. The number of hydrogen-bond donors (Lipinski definition) is 3. The van der Waals surface area contributed by atoms with Crippen molar-refractivity contribution in [3.63, 3.8) is 0 Å². The van der Waals surface area contributed by atoms with Gasteiger partial charge in [-0.25, -0.2) is 9.59 Å². The number of non-ortho nitro benzene ring substituents is 1. The number of hydrogen-bond acceptors (Lipinski definition) is 12. The van der Waals surface area contributed by atoms with Gasteiger partial charge in [-0.05, 0) is 42.3 Å². The summed E-state index contributed by atoms with van der Waals surface area (Å²) in [5, 5.41) is 26.8. The Morgan fingerprint density at radius 1 is 0.962 bits per heavy atom. The normalized spacial score (nSPS) is 15.0. The lowest BCUT2D eigenvalue weighted by Crippen LogP contribution is -2.38. The van der Waals surface area contributed by atoms with Crippen LogP contribution in [0.4, 0.5) is 18.9 Å². The molecule has 0 fully saturated rings. The number of carbonyl (C=O) groups is 2. The fourth-order valence-electron chi connectivity index (χ4n) is 5.40. The number of allylic oxidation sites excluding steroid dienone is 2. The second kappa shape index (κ2) is 18.1. The Balaban J connectivity index is 1.39. The highest BCUT2D eigenvalue weighted by atomic mass is 19.4. The molecule has 0 spiro atoms. The summed E-state index contributed by atoms with van der Waals surface area (Å²) in [6.45, 7) is 2.08. The van der Waals surface area contributed by atoms with Crippen molar-refractivity contribution in [2.24, 2.45) is 0 Å². The minimum atomic E-state index is -5.06. The molecule has 0 bridgehead atoms. The van der Waals surface area contributed by atoms with Crippen molar-refractivity contribution in [1.29, 1.82) is 0 Å². The number of halogens is 3. The third kappa shape index (κ3) is 10.2. The largest absolute Gasteiger partial charge is 0.493 e. The van der Waals surface area contributed by atoms with Crippen molar-refractivity contribution in [2.75, 3.05) is 47.1 Å². The lowest BCUT2D eigenvalue weighted by Gasteiger charge is -2.31. The molecule has 2 atom stereocenters. The van der Waals surface area contributed by atoms with E-state index in [-0.39, 0.29) is 49.6 Å². The molecule has 4 rings (SSSR count). The third-order valence-corrected chi connectivity index (χ3v) is 7.84. The quantitative estimate of drug-likeness (QED) is 0.0757. The molecule has 0 saturated heterocycles. The number of rotatable bonds is 17. The van der Waals surface area contributed by atoms with Crippen LogP contribution in [0.1, 0.15) is 24.0 Å². The predicted octanol–water partition coefficient (Wildman–Crippen LogP) is 4.75. The van der Waals surface area contributed by atoms with Crippen LogP contribution in [0.25, 0.3) is 0 Å². The maximum absolute atomic E-state index is 14.2. The van der Waals surface area contributed by atoms with E-state index in [9.17, 15) is 38.0 Å². The molecular weight excluding hydrogens is 691 g/mol. The number of methoxy groups -OCH3 is 2. The first-order valence-electron chi connectivity index (χ1n) is 16.0. The fourth-order valence-corrected chi connectivity index (χ4v) is 5.40. The Hall–Kier alpha value is -5.61. The van der Waals surface area contributed by atoms with Gasteiger partial charge in [0.25, 0.3) is 5.69 Å². The molecule has 2 unspecified atom stereocenters. The van der Waals surface area contributed by atoms with Crippen LogP contribution in [0.2, 0.25) is 0 Å². The molecule has 0 aliphatic carbocycles. The second-order valence-corrected chi connectivity index (χ2v) is 11.4. The Bertz CT molecular complexity index is 1800. The summed E-state index contributed by atoms with van der Waals surface area (Å²) in [6.07, 6.45) is -5.63. The predicted molar refractivity (Wildman–Crippen MR) is 181 cm³/mol. The van der Waals surface area contributed by atoms with Crippen molar-refractivity contribution in [3.05, 3.63) is 117 Å². The number of aliphatic hydroxyl groups excluding tert-OH is 1. The first-order valence-corrected chi connectivity index (χ1v) is 16.0. The van der Waals surface area contributed by atoms with E-state index in [0.717, 1.165) is 19.2 Å². The number of benzene rings is 3. The van der Waals surface area contributed by atoms with E-state index in [1.54, 1.807) is 30.3 Å². The number of ether oxygens (including phenoxy) is 5. The van der Waals surface area contributed by atoms with Crippen molar-refractivity contribution < 1.29 is 56.5 Å². The molecule has 0 saturated carbocycles. The SMILES string of the molecule is COC(=O)C1=C(C(F)(F)F)NC(C)=C(C(=O)OCCc2ccc(OCCNCC(O)COc3ccccc3)c(OC)c2)C1c1cccc([N+](=O)[O-])c1. The number of carbonyl (C=O) groups excluding carboxylic acids is 2. The van der Waals surface area contributed by atoms with Gasteiger partial charge in [-0.15, -0.1) is 0 Å². The van der Waals surface area contributed by atoms with Gasteiger partial charge in [-0.2, -0.15) is 13.2 Å². The summed E-state index contributed by atoms with van der Waals surface area (Å²) in [7, 11) is 2.34. The van der Waals surface area contributed by atoms with Crippen LogP contribution in [0.15, 0.2) is 95.3 Å². The molecule has 0 amide bonds. The first-order chi connectivity index (χ1) is 24.8. The number of esters is 2. The van der Waals surface area contributed by atoms with E-state index >= 15 is 0 Å². The van der Waals surface area contributed by atoms with Crippen LogP contribution in [0.3, 0.4) is 0 Å². The molecule has 3 N–H and O–H groups in total. The minimum absolute atomic E-state index is 0.118. The first kappa shape index (κ1) is 39.2. The number of nitrogens with one attached hydrogen (secondary N) is 2. The highest BCUT2D eigenvalue weighted by Crippen LogP contribution is 2.44. The van der Waals surface area contributed by atoms with Crippen molar-refractivity contribution >= 4 is 17.6 Å². The van der Waals surface area contributed by atoms with E-state index in [0.29, 0.717) is 29.4 Å². The van der Waals surface area contributed by atoms with Gasteiger partial charge >= 0.3 is 18.1 Å². The standard InChI is InChI=1S/C36H38F3N3O10/c1-22-30(31(24-8-7-9-25(19-24)42(46)47)32(34(44)49-3)33(41-22)36(37,38)39)35(45)51-16-14-23-12-13-28(29(18-23)48-2)50-17-15-40-20-26(43)21-52-27-10-5-4-6-11-27/h4-13,18-19,26,31,40-41,43H,14-17,20-21H2,1-3H3. The third-order valence-electron chi connectivity index (χ3n) is 7.84. The van der Waals surface area contributed by atoms with Gasteiger partial charge in [-0.1, -0.05) is 36.4 Å². The Labute approximate surface area is 297 Å². The Morgan fingerprint density at radius 3 is 2.38 bits per heavy atom. The molecule has 3 aromatic carbocycles. The molecule has 3 aromatic rings. The van der Waals surface area contributed by atoms with E-state index in [2.05, 4.69) is 15.4 Å². The molecule has 13 nitrogen and oxygen atoms in total. The lowest BCUT2D eigenvalue weighted by molar-refractivity contribution is -0.384. The molecule has 1 aliphatic heterocycles. The molecule has 278 valence electrons. The van der Waals surface area contributed by atoms with Crippen LogP contribution in [-0.4, -0.2) is 81.4 Å². The highest BCUT2D eigenvalue weighted by molar-refractivity contribution is 6.00. The van der Waals surface area contributed by atoms with Gasteiger partial charge < -0.3 is 39.4 Å². The number of alkyl halides is 3. The zero-order valence-corrected chi connectivity index (χ0v) is 28.5. The van der Waals surface area contributed by atoms with Gasteiger partial charge in [0.05, 0.1) is 42.8 Å². The molecule has 1 aliphatic rings. The molecule has 0 aromatic heterocycles. The Kier molecular flexibility index (Phi) is 13.6. The topological polar surface area (TPSA) is 168 Å². The van der Waals surface area contributed by atoms with Gasteiger partial charge in [0.15, 0.2) is 11.5 Å². The average molecular weight is 730 g/mol. The van der Waals surface area contributed by atoms with Crippen LogP contribution >= 0.6 is 0 Å². The molecule has 16 heteroatoms. The van der Waals surface area contributed by atoms with Gasteiger partial charge in [0.2, 0.25) is 0 Å². The number of nitro benzene ring substituents is 1. The van der Waals surface area contributed by atoms with Crippen molar-refractivity contribution in [3.8, 4) is 17.2 Å². The molecular formula is C36H38F3N3O10. The van der Waals surface area contributed by atoms with E-state index in [4.69, 9.17) is 18.9 Å². The van der Waals surface area contributed by atoms with E-state index in [1.165, 1.54) is 26.2 Å². The van der Waals surface area contributed by atoms with Crippen LogP contribution in [0, 0.1) is 10.1 Å². The molecule has 52 heavy (non-hydrogen) atoms. The minimum Gasteiger partial charge on any atom is -0.493 e. The summed E-state index contributed by atoms with van der Waals surface area (Å²) in [6, 6.07) is 18.8. The van der Waals surface area contributed by atoms with Gasteiger partial charge in [0.1, 0.15) is 30.8 Å². The average Bonchev–Trinajstić information content (AvgIpc) is 3.13. The van der Waals surface area contributed by atoms with E-state index < -0.39 is 52.0 Å². The van der Waals surface area contributed by atoms with E-state index in [1.807, 2.05) is 18.2 Å². The summed E-state index contributed by atoms with van der Waals surface area (Å²) < 4.78 is 69.4. The number of nitrogens with zero attached hydrogens (tertiary/aromatic N) is 1. The molecule has 1 heterocycles. The van der Waals surface area contributed by atoms with Crippen molar-refractivity contribution in [1.82, 2.24) is 10.6 Å². The zero-order valence-electron chi connectivity index (χ0n) is 28.5. The maximum atomic E-state index is 14.2. The van der Waals surface area contributed by atoms with Crippen molar-refractivity contribution in [2.45, 2.75) is 31.5 Å². The number of para-hydroxylation sites is 1. The van der Waals surface area contributed by atoms with Crippen LogP contribution in [0.5, 0.6) is 17.2 Å². The maximum Gasteiger partial charge on any atom is 0.431 e. The molecule has 0 radical (unpaired) electrons. The second-order valence-electron chi connectivity index (χ2n) is 11.4. The lowest BCUT2D eigenvalue weighted by atomic mass is 9.80. The van der Waals surface area contributed by atoms with Gasteiger partial charge in [0, 0.05) is 37.3 Å². The number of dihydropyridines is 1. The highest BCUT2D eigenvalue weighted by Gasteiger charge is 2.47. The number of nitro groups is 1. The van der Waals surface area contributed by atoms with Crippen LogP contribution < -0.4 is 24.8 Å². The summed E-state index contributed by atoms with van der Waals surface area (Å²) in [5.74, 6) is -2.63. The summed E-state index contributed by atoms with van der Waals surface area (Å²) in [4.78, 5) is 37.1. The van der Waals surface area contributed by atoms with Crippen LogP contribution in [-0.2, 0) is 25.5 Å². The Morgan fingerprint density at radius 2 is 1.71 bits per heavy atom. The summed E-state index contributed by atoms with van der Waals surface area (Å²) in [5.41, 5.74) is -2.91.